The zero-order valence-corrected chi connectivity index (χ0v) is 13.0. The van der Waals surface area contributed by atoms with Gasteiger partial charge >= 0.3 is 0 Å². The van der Waals surface area contributed by atoms with Crippen LogP contribution in [0.3, 0.4) is 0 Å². The van der Waals surface area contributed by atoms with Crippen molar-refractivity contribution in [1.82, 2.24) is 10.6 Å². The van der Waals surface area contributed by atoms with E-state index in [9.17, 15) is 4.79 Å². The van der Waals surface area contributed by atoms with Gasteiger partial charge in [0.05, 0.1) is 5.02 Å². The van der Waals surface area contributed by atoms with E-state index in [2.05, 4.69) is 17.2 Å². The van der Waals surface area contributed by atoms with E-state index in [0.717, 1.165) is 5.56 Å². The van der Waals surface area contributed by atoms with Crippen molar-refractivity contribution in [1.29, 1.82) is 0 Å². The second kappa shape index (κ2) is 7.48. The average molecular weight is 309 g/mol. The van der Waals surface area contributed by atoms with Crippen LogP contribution in [-0.2, 0) is 11.3 Å². The lowest BCUT2D eigenvalue weighted by Crippen LogP contribution is -2.36. The number of benzene rings is 1. The number of amides is 1. The molecule has 114 valence electrons. The van der Waals surface area contributed by atoms with Gasteiger partial charge in [0.15, 0.2) is 6.10 Å². The first-order valence-corrected chi connectivity index (χ1v) is 7.55. The quantitative estimate of drug-likeness (QED) is 0.726. The maximum Gasteiger partial charge on any atom is 0.261 e. The highest BCUT2D eigenvalue weighted by Crippen LogP contribution is 2.30. The topological polar surface area (TPSA) is 50.4 Å². The number of hydrogen-bond donors (Lipinski definition) is 2. The summed E-state index contributed by atoms with van der Waals surface area (Å²) < 4.78 is 5.77. The molecule has 0 spiro atoms. The largest absolute Gasteiger partial charge is 0.479 e. The predicted molar refractivity (Wildman–Crippen MR) is 84.6 cm³/mol. The fraction of sp³-hybridized carbons (Fsp3) is 0.438. The van der Waals surface area contributed by atoms with Gasteiger partial charge in [-0.1, -0.05) is 29.8 Å². The summed E-state index contributed by atoms with van der Waals surface area (Å²) in [5, 5.41) is 6.66. The molecule has 4 nitrogen and oxygen atoms in total. The van der Waals surface area contributed by atoms with Crippen LogP contribution in [0.15, 0.2) is 30.9 Å². The summed E-state index contributed by atoms with van der Waals surface area (Å²) in [5.41, 5.74) is 0.970. The molecule has 0 aliphatic heterocycles. The van der Waals surface area contributed by atoms with Gasteiger partial charge in [-0.15, -0.1) is 6.58 Å². The van der Waals surface area contributed by atoms with Crippen molar-refractivity contribution in [3.05, 3.63) is 41.4 Å². The summed E-state index contributed by atoms with van der Waals surface area (Å²) in [5.74, 6) is 0.393. The SMILES string of the molecule is C=CCNC(=O)C(C)Oc1c(Cl)cccc1CNC1CC1. The molecule has 1 aromatic rings. The van der Waals surface area contributed by atoms with Crippen LogP contribution in [0.1, 0.15) is 25.3 Å². The maximum absolute atomic E-state index is 11.9. The van der Waals surface area contributed by atoms with Crippen LogP contribution in [0.25, 0.3) is 0 Å². The number of para-hydroxylation sites is 1. The molecule has 1 aliphatic rings. The van der Waals surface area contributed by atoms with E-state index in [1.807, 2.05) is 12.1 Å². The fourth-order valence-electron chi connectivity index (χ4n) is 1.91. The zero-order chi connectivity index (χ0) is 15.2. The number of carbonyl (C=O) groups excluding carboxylic acids is 1. The molecule has 0 bridgehead atoms. The van der Waals surface area contributed by atoms with Gasteiger partial charge in [-0.25, -0.2) is 0 Å². The van der Waals surface area contributed by atoms with Crippen molar-refractivity contribution in [3.8, 4) is 5.75 Å². The first-order valence-electron chi connectivity index (χ1n) is 7.18. The Hall–Kier alpha value is -1.52. The number of ether oxygens (including phenoxy) is 1. The summed E-state index contributed by atoms with van der Waals surface area (Å²) in [6.45, 7) is 6.39. The Balaban J connectivity index is 2.02. The van der Waals surface area contributed by atoms with Crippen LogP contribution in [0.5, 0.6) is 5.75 Å². The molecule has 1 amide bonds. The lowest BCUT2D eigenvalue weighted by Gasteiger charge is -2.18. The van der Waals surface area contributed by atoms with Crippen molar-refractivity contribution in [3.63, 3.8) is 0 Å². The maximum atomic E-state index is 11.9. The first kappa shape index (κ1) is 15.9. The van der Waals surface area contributed by atoms with Crippen LogP contribution in [-0.4, -0.2) is 24.6 Å². The highest BCUT2D eigenvalue weighted by Gasteiger charge is 2.22. The second-order valence-electron chi connectivity index (χ2n) is 5.18. The van der Waals surface area contributed by atoms with Crippen LogP contribution < -0.4 is 15.4 Å². The summed E-state index contributed by atoms with van der Waals surface area (Å²) in [6, 6.07) is 6.23. The lowest BCUT2D eigenvalue weighted by molar-refractivity contribution is -0.127. The van der Waals surface area contributed by atoms with E-state index < -0.39 is 6.10 Å². The Labute approximate surface area is 130 Å². The van der Waals surface area contributed by atoms with Gasteiger partial charge in [0.1, 0.15) is 5.75 Å². The molecule has 1 atom stereocenters. The summed E-state index contributed by atoms with van der Waals surface area (Å²) in [6.07, 6.45) is 3.46. The molecule has 2 rings (SSSR count). The summed E-state index contributed by atoms with van der Waals surface area (Å²) in [7, 11) is 0. The van der Waals surface area contributed by atoms with Crippen LogP contribution in [0.4, 0.5) is 0 Å². The summed E-state index contributed by atoms with van der Waals surface area (Å²) in [4.78, 5) is 11.9. The Morgan fingerprint density at radius 1 is 1.57 bits per heavy atom. The molecule has 1 aromatic carbocycles. The van der Waals surface area contributed by atoms with Gasteiger partial charge in [-0.3, -0.25) is 4.79 Å². The van der Waals surface area contributed by atoms with Gasteiger partial charge < -0.3 is 15.4 Å². The van der Waals surface area contributed by atoms with Gasteiger partial charge in [0.25, 0.3) is 5.91 Å². The molecule has 0 radical (unpaired) electrons. The minimum Gasteiger partial charge on any atom is -0.479 e. The Morgan fingerprint density at radius 3 is 3.00 bits per heavy atom. The van der Waals surface area contributed by atoms with E-state index in [0.29, 0.717) is 29.9 Å². The van der Waals surface area contributed by atoms with Crippen molar-refractivity contribution >= 4 is 17.5 Å². The standard InChI is InChI=1S/C16H21ClN2O2/c1-3-9-18-16(20)11(2)21-15-12(5-4-6-14(15)17)10-19-13-7-8-13/h3-6,11,13,19H,1,7-10H2,2H3,(H,18,20). The van der Waals surface area contributed by atoms with Crippen molar-refractivity contribution < 1.29 is 9.53 Å². The first-order chi connectivity index (χ1) is 10.1. The van der Waals surface area contributed by atoms with E-state index in [1.54, 1.807) is 19.1 Å². The van der Waals surface area contributed by atoms with Crippen molar-refractivity contribution in [2.45, 2.75) is 38.5 Å². The molecule has 1 saturated carbocycles. The predicted octanol–water partition coefficient (Wildman–Crippen LogP) is 2.66. The minimum absolute atomic E-state index is 0.184. The highest BCUT2D eigenvalue weighted by molar-refractivity contribution is 6.32. The molecule has 5 heteroatoms. The summed E-state index contributed by atoms with van der Waals surface area (Å²) >= 11 is 6.21. The van der Waals surface area contributed by atoms with E-state index in [1.165, 1.54) is 12.8 Å². The average Bonchev–Trinajstić information content (AvgIpc) is 3.29. The molecule has 0 heterocycles. The molecule has 0 saturated heterocycles. The van der Waals surface area contributed by atoms with Crippen LogP contribution in [0.2, 0.25) is 5.02 Å². The normalized spacial score (nSPS) is 15.3. The number of rotatable bonds is 8. The third-order valence-corrected chi connectivity index (χ3v) is 3.59. The second-order valence-corrected chi connectivity index (χ2v) is 5.58. The molecular formula is C16H21ClN2O2. The van der Waals surface area contributed by atoms with E-state index in [4.69, 9.17) is 16.3 Å². The van der Waals surface area contributed by atoms with Gasteiger partial charge in [-0.05, 0) is 25.8 Å². The van der Waals surface area contributed by atoms with Crippen LogP contribution >= 0.6 is 11.6 Å². The number of halogens is 1. The third-order valence-electron chi connectivity index (χ3n) is 3.29. The molecule has 21 heavy (non-hydrogen) atoms. The monoisotopic (exact) mass is 308 g/mol. The molecule has 1 unspecified atom stereocenters. The van der Waals surface area contributed by atoms with Crippen molar-refractivity contribution in [2.75, 3.05) is 6.54 Å². The smallest absolute Gasteiger partial charge is 0.261 e. The molecule has 0 aromatic heterocycles. The Kier molecular flexibility index (Phi) is 5.65. The van der Waals surface area contributed by atoms with E-state index in [-0.39, 0.29) is 5.91 Å². The minimum atomic E-state index is -0.607. The van der Waals surface area contributed by atoms with Crippen molar-refractivity contribution in [2.24, 2.45) is 0 Å². The fourth-order valence-corrected chi connectivity index (χ4v) is 2.15. The molecule has 1 fully saturated rings. The number of hydrogen-bond acceptors (Lipinski definition) is 3. The van der Waals surface area contributed by atoms with Gasteiger partial charge in [0, 0.05) is 24.7 Å². The zero-order valence-electron chi connectivity index (χ0n) is 12.2. The lowest BCUT2D eigenvalue weighted by atomic mass is 10.2. The molecular weight excluding hydrogens is 288 g/mol. The Morgan fingerprint density at radius 2 is 2.33 bits per heavy atom. The number of carbonyl (C=O) groups is 1. The van der Waals surface area contributed by atoms with Gasteiger partial charge in [-0.2, -0.15) is 0 Å². The molecule has 2 N–H and O–H groups in total. The highest BCUT2D eigenvalue weighted by atomic mass is 35.5. The number of nitrogens with one attached hydrogen (secondary N) is 2. The Bertz CT molecular complexity index is 515. The van der Waals surface area contributed by atoms with E-state index >= 15 is 0 Å². The molecule has 1 aliphatic carbocycles. The third kappa shape index (κ3) is 4.76. The van der Waals surface area contributed by atoms with Crippen LogP contribution in [0, 0.1) is 0 Å². The van der Waals surface area contributed by atoms with Gasteiger partial charge in [0.2, 0.25) is 0 Å².